The minimum Gasteiger partial charge on any atom is -0.331 e. The number of hydrogen-bond donors (Lipinski definition) is 0. The highest BCUT2D eigenvalue weighted by Gasteiger charge is 2.63. The maximum absolute atomic E-state index is 13.4. The smallest absolute Gasteiger partial charge is 0.331 e. The molecule has 2 bridgehead atoms. The van der Waals surface area contributed by atoms with Gasteiger partial charge in [0, 0.05) is 6.54 Å². The number of alkyl halides is 3. The zero-order valence-corrected chi connectivity index (χ0v) is 17.2. The van der Waals surface area contributed by atoms with Gasteiger partial charge in [0.1, 0.15) is 17.8 Å². The largest absolute Gasteiger partial charge is 0.417 e. The SMILES string of the molecule is Cc1cc(N2C(=O)C3C4C[C@H](CN4C(=O)c4ccccc4C(F)(F)F)N3C2=O)cnc1C#N. The predicted octanol–water partition coefficient (Wildman–Crippen LogP) is 2.71. The molecule has 4 heterocycles. The Morgan fingerprint density at radius 2 is 1.97 bits per heavy atom. The Morgan fingerprint density at radius 1 is 1.24 bits per heavy atom. The van der Waals surface area contributed by atoms with Gasteiger partial charge >= 0.3 is 12.2 Å². The van der Waals surface area contributed by atoms with Crippen LogP contribution in [0, 0.1) is 18.3 Å². The maximum Gasteiger partial charge on any atom is 0.417 e. The van der Waals surface area contributed by atoms with Gasteiger partial charge in [-0.1, -0.05) is 12.1 Å². The third-order valence-electron chi connectivity index (χ3n) is 6.42. The normalized spacial score (nSPS) is 23.8. The Labute approximate surface area is 185 Å². The molecule has 3 fully saturated rings. The Morgan fingerprint density at radius 3 is 2.64 bits per heavy atom. The van der Waals surface area contributed by atoms with E-state index in [1.165, 1.54) is 34.2 Å². The van der Waals surface area contributed by atoms with Crippen LogP contribution in [0.1, 0.15) is 33.6 Å². The van der Waals surface area contributed by atoms with Crippen molar-refractivity contribution in [2.75, 3.05) is 11.4 Å². The second-order valence-electron chi connectivity index (χ2n) is 8.24. The number of likely N-dealkylation sites (tertiary alicyclic amines) is 1. The van der Waals surface area contributed by atoms with E-state index in [0.29, 0.717) is 12.0 Å². The van der Waals surface area contributed by atoms with Gasteiger partial charge in [0.05, 0.1) is 35.1 Å². The third kappa shape index (κ3) is 2.97. The number of urea groups is 1. The van der Waals surface area contributed by atoms with Gasteiger partial charge in [-0.15, -0.1) is 0 Å². The number of anilines is 1. The molecule has 33 heavy (non-hydrogen) atoms. The Balaban J connectivity index is 1.46. The van der Waals surface area contributed by atoms with Gasteiger partial charge in [0.2, 0.25) is 0 Å². The van der Waals surface area contributed by atoms with Gasteiger partial charge in [0.15, 0.2) is 0 Å². The number of imide groups is 1. The van der Waals surface area contributed by atoms with E-state index in [1.807, 2.05) is 6.07 Å². The molecule has 168 valence electrons. The van der Waals surface area contributed by atoms with E-state index in [2.05, 4.69) is 4.98 Å². The fraction of sp³-hybridized carbons (Fsp3) is 0.318. The highest BCUT2D eigenvalue weighted by Crippen LogP contribution is 2.43. The summed E-state index contributed by atoms with van der Waals surface area (Å²) in [7, 11) is 0. The Bertz CT molecular complexity index is 1250. The number of halogens is 3. The quantitative estimate of drug-likeness (QED) is 0.649. The first kappa shape index (κ1) is 20.9. The van der Waals surface area contributed by atoms with Crippen LogP contribution in [0.4, 0.5) is 23.7 Å². The summed E-state index contributed by atoms with van der Waals surface area (Å²) in [6, 6.07) is 5.21. The maximum atomic E-state index is 13.4. The summed E-state index contributed by atoms with van der Waals surface area (Å²) in [5.41, 5.74) is -0.658. The van der Waals surface area contributed by atoms with Crippen molar-refractivity contribution in [1.29, 1.82) is 5.26 Å². The molecule has 5 rings (SSSR count). The van der Waals surface area contributed by atoms with Crippen molar-refractivity contribution in [2.24, 2.45) is 0 Å². The molecule has 1 aromatic heterocycles. The van der Waals surface area contributed by atoms with E-state index in [-0.39, 0.29) is 17.9 Å². The molecule has 3 aliphatic heterocycles. The van der Waals surface area contributed by atoms with Gasteiger partial charge in [-0.25, -0.2) is 14.7 Å². The highest BCUT2D eigenvalue weighted by molar-refractivity contribution is 6.22. The zero-order valence-electron chi connectivity index (χ0n) is 17.2. The van der Waals surface area contributed by atoms with E-state index in [9.17, 15) is 27.6 Å². The average molecular weight is 455 g/mol. The van der Waals surface area contributed by atoms with Gasteiger partial charge < -0.3 is 9.80 Å². The van der Waals surface area contributed by atoms with Crippen LogP contribution in [0.15, 0.2) is 36.5 Å². The van der Waals surface area contributed by atoms with Crippen molar-refractivity contribution in [3.8, 4) is 6.07 Å². The Hall–Kier alpha value is -3.94. The lowest BCUT2D eigenvalue weighted by Gasteiger charge is -2.35. The van der Waals surface area contributed by atoms with Crippen LogP contribution in [-0.4, -0.2) is 57.3 Å². The van der Waals surface area contributed by atoms with E-state index >= 15 is 0 Å². The summed E-state index contributed by atoms with van der Waals surface area (Å²) in [5, 5.41) is 9.06. The van der Waals surface area contributed by atoms with Crippen molar-refractivity contribution < 1.29 is 27.6 Å². The number of rotatable bonds is 2. The number of nitrogens with zero attached hydrogens (tertiary/aromatic N) is 5. The highest BCUT2D eigenvalue weighted by atomic mass is 19.4. The topological polar surface area (TPSA) is 97.6 Å². The van der Waals surface area contributed by atoms with Crippen LogP contribution in [0.25, 0.3) is 0 Å². The number of carbonyl (C=O) groups is 3. The molecule has 1 aromatic carbocycles. The molecule has 2 unspecified atom stereocenters. The van der Waals surface area contributed by atoms with Gasteiger partial charge in [0.25, 0.3) is 11.8 Å². The molecule has 4 amide bonds. The number of aryl methyl sites for hydroxylation is 1. The van der Waals surface area contributed by atoms with Crippen LogP contribution in [0.5, 0.6) is 0 Å². The van der Waals surface area contributed by atoms with Crippen molar-refractivity contribution in [2.45, 2.75) is 37.6 Å². The number of nitriles is 1. The summed E-state index contributed by atoms with van der Waals surface area (Å²) >= 11 is 0. The first-order valence-corrected chi connectivity index (χ1v) is 10.1. The number of piperazine rings is 1. The average Bonchev–Trinajstić information content (AvgIpc) is 3.44. The lowest BCUT2D eigenvalue weighted by Crippen LogP contribution is -2.55. The van der Waals surface area contributed by atoms with Gasteiger partial charge in [-0.05, 0) is 37.1 Å². The van der Waals surface area contributed by atoms with Crippen LogP contribution in [0.2, 0.25) is 0 Å². The van der Waals surface area contributed by atoms with Gasteiger partial charge in [-0.3, -0.25) is 9.59 Å². The number of benzene rings is 1. The van der Waals surface area contributed by atoms with Crippen molar-refractivity contribution in [1.82, 2.24) is 14.8 Å². The summed E-state index contributed by atoms with van der Waals surface area (Å²) in [5.74, 6) is -1.38. The molecule has 3 saturated heterocycles. The van der Waals surface area contributed by atoms with Gasteiger partial charge in [-0.2, -0.15) is 18.4 Å². The molecule has 0 N–H and O–H groups in total. The van der Waals surface area contributed by atoms with E-state index in [4.69, 9.17) is 5.26 Å². The monoisotopic (exact) mass is 455 g/mol. The lowest BCUT2D eigenvalue weighted by molar-refractivity contribution is -0.138. The van der Waals surface area contributed by atoms with Crippen molar-refractivity contribution in [3.05, 3.63) is 58.9 Å². The van der Waals surface area contributed by atoms with Crippen LogP contribution in [0.3, 0.4) is 0 Å². The zero-order chi connectivity index (χ0) is 23.7. The molecule has 0 aliphatic carbocycles. The third-order valence-corrected chi connectivity index (χ3v) is 6.42. The van der Waals surface area contributed by atoms with Crippen LogP contribution in [-0.2, 0) is 11.0 Å². The van der Waals surface area contributed by atoms with Crippen molar-refractivity contribution >= 4 is 23.5 Å². The predicted molar refractivity (Wildman–Crippen MR) is 107 cm³/mol. The Kier molecular flexibility index (Phi) is 4.46. The second kappa shape index (κ2) is 7.03. The molecule has 8 nitrogen and oxygen atoms in total. The standard InChI is InChI=1S/C22H16F3N5O3/c1-11-6-12(9-27-16(11)8-26)30-20(32)18-17-7-13(29(18)21(30)33)10-28(17)19(31)14-4-2-3-5-15(14)22(23,24)25/h2-6,9,13,17-18H,7,10H2,1H3/t13-,17?,18?/m1/s1. The molecule has 0 saturated carbocycles. The number of amides is 4. The van der Waals surface area contributed by atoms with Crippen LogP contribution < -0.4 is 4.90 Å². The molecule has 3 aliphatic rings. The molecule has 2 aromatic rings. The van der Waals surface area contributed by atoms with Crippen molar-refractivity contribution in [3.63, 3.8) is 0 Å². The van der Waals surface area contributed by atoms with E-state index < -0.39 is 53.3 Å². The fourth-order valence-corrected chi connectivity index (χ4v) is 5.00. The summed E-state index contributed by atoms with van der Waals surface area (Å²) in [6.45, 7) is 1.67. The molecule has 3 atom stereocenters. The molecule has 0 radical (unpaired) electrons. The number of aromatic nitrogens is 1. The number of pyridine rings is 1. The van der Waals surface area contributed by atoms with Crippen LogP contribution >= 0.6 is 0 Å². The first-order valence-electron chi connectivity index (χ1n) is 10.1. The molecule has 11 heteroatoms. The number of fused-ring (bicyclic) bond motifs is 5. The number of hydrogen-bond acceptors (Lipinski definition) is 5. The molecule has 0 spiro atoms. The van der Waals surface area contributed by atoms with E-state index in [0.717, 1.165) is 17.0 Å². The summed E-state index contributed by atoms with van der Waals surface area (Å²) in [4.78, 5) is 47.0. The lowest BCUT2D eigenvalue weighted by atomic mass is 10.0. The molecular weight excluding hydrogens is 439 g/mol. The molecular formula is C22H16F3N5O3. The first-order chi connectivity index (χ1) is 15.6. The second-order valence-corrected chi connectivity index (χ2v) is 8.24. The minimum atomic E-state index is -4.70. The fourth-order valence-electron chi connectivity index (χ4n) is 5.00. The number of carbonyl (C=O) groups excluding carboxylic acids is 3. The summed E-state index contributed by atoms with van der Waals surface area (Å²) < 4.78 is 40.3. The minimum absolute atomic E-state index is 0.0453. The van der Waals surface area contributed by atoms with E-state index in [1.54, 1.807) is 6.92 Å². The summed E-state index contributed by atoms with van der Waals surface area (Å²) in [6.07, 6.45) is -3.12.